The largest absolute Gasteiger partial charge is 0.294 e. The second kappa shape index (κ2) is 12.9. The zero-order valence-corrected chi connectivity index (χ0v) is 20.2. The molecule has 0 saturated heterocycles. The molecule has 0 aromatic heterocycles. The van der Waals surface area contributed by atoms with Gasteiger partial charge in [0, 0.05) is 16.5 Å². The van der Waals surface area contributed by atoms with Gasteiger partial charge < -0.3 is 0 Å². The van der Waals surface area contributed by atoms with E-state index in [0.29, 0.717) is 0 Å². The summed E-state index contributed by atoms with van der Waals surface area (Å²) in [7, 11) is -0.711. The van der Waals surface area contributed by atoms with Crippen molar-refractivity contribution in [1.82, 2.24) is 0 Å². The minimum atomic E-state index is -0.408. The fraction of sp³-hybridized carbons (Fsp3) is 0.107. The average molecular weight is 484 g/mol. The maximum atomic E-state index is 2.57. The number of hydrogen-bond acceptors (Lipinski definition) is 0. The van der Waals surface area contributed by atoms with Gasteiger partial charge in [0.15, 0.2) is 0 Å². The molecule has 0 aliphatic rings. The van der Waals surface area contributed by atoms with Gasteiger partial charge in [-0.3, -0.25) is 6.16 Å². The Balaban J connectivity index is 0.00000272. The molecule has 31 heavy (non-hydrogen) atoms. The molecule has 4 aromatic rings. The molecular weight excluding hydrogens is 457 g/mol. The van der Waals surface area contributed by atoms with Crippen molar-refractivity contribution in [3.05, 3.63) is 127 Å². The number of benzene rings is 4. The Kier molecular flexibility index (Phi) is 9.97. The Morgan fingerprint density at radius 1 is 0.484 bits per heavy atom. The van der Waals surface area contributed by atoms with Gasteiger partial charge in [-0.25, -0.2) is 7.92 Å². The van der Waals surface area contributed by atoms with E-state index in [0.717, 1.165) is 6.42 Å². The van der Waals surface area contributed by atoms with Crippen molar-refractivity contribution in [2.45, 2.75) is 12.8 Å². The second-order valence-electron chi connectivity index (χ2n) is 7.19. The van der Waals surface area contributed by atoms with E-state index in [1.807, 2.05) is 0 Å². The average Bonchev–Trinajstić information content (AvgIpc) is 2.84. The van der Waals surface area contributed by atoms with E-state index in [1.165, 1.54) is 33.8 Å². The van der Waals surface area contributed by atoms with Crippen LogP contribution in [-0.4, -0.2) is 6.16 Å². The normalized spacial score (nSPS) is 10.8. The fourth-order valence-corrected chi connectivity index (χ4v) is 8.15. The summed E-state index contributed by atoms with van der Waals surface area (Å²) >= 11 is 0. The molecule has 0 nitrogen and oxygen atoms in total. The Hall–Kier alpha value is -1.77. The Labute approximate surface area is 199 Å². The molecule has 0 fully saturated rings. The van der Waals surface area contributed by atoms with E-state index < -0.39 is 7.92 Å². The minimum Gasteiger partial charge on any atom is -0.294 e. The smallest absolute Gasteiger partial charge is 0 e. The van der Waals surface area contributed by atoms with Gasteiger partial charge in [-0.2, -0.15) is 6.42 Å². The van der Waals surface area contributed by atoms with E-state index in [4.69, 9.17) is 0 Å². The summed E-state index contributed by atoms with van der Waals surface area (Å²) in [6.45, 7) is 0. The molecule has 0 bridgehead atoms. The van der Waals surface area contributed by atoms with Crippen LogP contribution in [0.15, 0.2) is 121 Å². The van der Waals surface area contributed by atoms with Crippen LogP contribution in [0.2, 0.25) is 0 Å². The van der Waals surface area contributed by atoms with Gasteiger partial charge >= 0.3 is 0 Å². The van der Waals surface area contributed by atoms with Crippen LogP contribution in [0.3, 0.4) is 0 Å². The van der Waals surface area contributed by atoms with Gasteiger partial charge in [0.1, 0.15) is 0 Å². The van der Waals surface area contributed by atoms with E-state index in [2.05, 4.69) is 127 Å². The first-order valence-corrected chi connectivity index (χ1v) is 13.5. The molecule has 0 radical (unpaired) electrons. The minimum absolute atomic E-state index is 0. The predicted octanol–water partition coefficient (Wildman–Crippen LogP) is 6.19. The summed E-state index contributed by atoms with van der Waals surface area (Å²) in [5.41, 5.74) is 0. The molecule has 0 saturated carbocycles. The summed E-state index contributed by atoms with van der Waals surface area (Å²) in [6, 6.07) is 44.0. The van der Waals surface area contributed by atoms with Crippen molar-refractivity contribution >= 4 is 37.1 Å². The van der Waals surface area contributed by atoms with Crippen molar-refractivity contribution in [2.75, 3.05) is 6.16 Å². The van der Waals surface area contributed by atoms with Crippen LogP contribution in [0.1, 0.15) is 12.8 Å². The SMILES string of the molecule is [Ni].c1ccc(P([CH-]CCCP(c2ccccc2)c2ccccc2)c2ccccc2)cc1. The fourth-order valence-electron chi connectivity index (χ4n) is 3.63. The molecule has 4 aromatic carbocycles. The van der Waals surface area contributed by atoms with Gasteiger partial charge in [0.05, 0.1) is 0 Å². The van der Waals surface area contributed by atoms with E-state index in [-0.39, 0.29) is 24.4 Å². The van der Waals surface area contributed by atoms with Crippen LogP contribution in [0.5, 0.6) is 0 Å². The summed E-state index contributed by atoms with van der Waals surface area (Å²) < 4.78 is 0. The Morgan fingerprint density at radius 2 is 0.839 bits per heavy atom. The molecule has 4 rings (SSSR count). The van der Waals surface area contributed by atoms with E-state index >= 15 is 0 Å². The quantitative estimate of drug-likeness (QED) is 0.115. The zero-order chi connectivity index (χ0) is 20.4. The van der Waals surface area contributed by atoms with Gasteiger partial charge in [-0.05, 0) is 24.7 Å². The first-order chi connectivity index (χ1) is 14.9. The van der Waals surface area contributed by atoms with Crippen molar-refractivity contribution in [2.24, 2.45) is 0 Å². The monoisotopic (exact) mass is 483 g/mol. The molecule has 0 aliphatic carbocycles. The maximum absolute atomic E-state index is 2.57. The van der Waals surface area contributed by atoms with Crippen LogP contribution >= 0.6 is 15.8 Å². The van der Waals surface area contributed by atoms with Crippen LogP contribution in [0, 0.1) is 6.16 Å². The molecular formula is C28H27NiP2-. The van der Waals surface area contributed by atoms with Crippen LogP contribution in [0.4, 0.5) is 0 Å². The molecule has 0 atom stereocenters. The summed E-state index contributed by atoms with van der Waals surface area (Å²) in [5.74, 6) is 0. The van der Waals surface area contributed by atoms with Crippen molar-refractivity contribution < 1.29 is 16.5 Å². The molecule has 0 spiro atoms. The zero-order valence-electron chi connectivity index (χ0n) is 17.5. The summed E-state index contributed by atoms with van der Waals surface area (Å²) in [6.07, 6.45) is 6.16. The molecule has 0 unspecified atom stereocenters. The summed E-state index contributed by atoms with van der Waals surface area (Å²) in [4.78, 5) is 0. The second-order valence-corrected chi connectivity index (χ2v) is 11.7. The molecule has 0 N–H and O–H groups in total. The van der Waals surface area contributed by atoms with Gasteiger partial charge in [0.2, 0.25) is 0 Å². The Morgan fingerprint density at radius 3 is 1.23 bits per heavy atom. The van der Waals surface area contributed by atoms with E-state index in [9.17, 15) is 0 Å². The molecule has 0 heterocycles. The number of hydrogen-bond donors (Lipinski definition) is 0. The first kappa shape index (κ1) is 23.9. The third-order valence-corrected chi connectivity index (χ3v) is 10.0. The predicted molar refractivity (Wildman–Crippen MR) is 137 cm³/mol. The molecule has 3 heteroatoms. The van der Waals surface area contributed by atoms with Gasteiger partial charge in [0.25, 0.3) is 0 Å². The third kappa shape index (κ3) is 6.86. The number of rotatable bonds is 9. The van der Waals surface area contributed by atoms with E-state index in [1.54, 1.807) is 0 Å². The van der Waals surface area contributed by atoms with Crippen LogP contribution < -0.4 is 21.2 Å². The first-order valence-electron chi connectivity index (χ1n) is 10.5. The van der Waals surface area contributed by atoms with Crippen molar-refractivity contribution in [3.8, 4) is 0 Å². The van der Waals surface area contributed by atoms with Gasteiger partial charge in [-0.1, -0.05) is 138 Å². The van der Waals surface area contributed by atoms with Crippen LogP contribution in [-0.2, 0) is 16.5 Å². The van der Waals surface area contributed by atoms with Crippen LogP contribution in [0.25, 0.3) is 0 Å². The Bertz CT molecular complexity index is 828. The molecule has 0 aliphatic heterocycles. The number of unbranched alkanes of at least 4 members (excludes halogenated alkanes) is 1. The standard InChI is InChI=1S/C28H27P2.Ni/c1-5-15-25(16-6-1)29(26-17-7-2-8-18-26)23-13-14-24-30(27-19-9-3-10-20-27)28-21-11-4-12-22-28;/h1-12,15-23H,13-14,24H2;/q-1;. The summed E-state index contributed by atoms with van der Waals surface area (Å²) in [5, 5.41) is 5.83. The van der Waals surface area contributed by atoms with Crippen molar-refractivity contribution in [1.29, 1.82) is 0 Å². The van der Waals surface area contributed by atoms with Crippen molar-refractivity contribution in [3.63, 3.8) is 0 Å². The third-order valence-electron chi connectivity index (χ3n) is 5.10. The van der Waals surface area contributed by atoms with Gasteiger partial charge in [-0.15, -0.1) is 0 Å². The topological polar surface area (TPSA) is 0 Å². The maximum Gasteiger partial charge on any atom is 0 e. The molecule has 0 amide bonds. The molecule has 160 valence electrons.